The van der Waals surface area contributed by atoms with Crippen LogP contribution in [0.2, 0.25) is 0 Å². The zero-order valence-electron chi connectivity index (χ0n) is 12.9. The molecular weight excluding hydrogens is 288 g/mol. The van der Waals surface area contributed by atoms with E-state index >= 15 is 0 Å². The van der Waals surface area contributed by atoms with Crippen LogP contribution < -0.4 is 4.90 Å². The molecule has 116 valence electrons. The zero-order chi connectivity index (χ0) is 15.2. The van der Waals surface area contributed by atoms with Crippen LogP contribution >= 0.6 is 0 Å². The molecule has 1 aromatic carbocycles. The number of oxazole rings is 1. The predicted molar refractivity (Wildman–Crippen MR) is 89.4 cm³/mol. The third kappa shape index (κ3) is 2.19. The highest BCUT2D eigenvalue weighted by molar-refractivity contribution is 5.77. The smallest absolute Gasteiger partial charge is 0.300 e. The van der Waals surface area contributed by atoms with E-state index in [1.54, 1.807) is 0 Å². The summed E-state index contributed by atoms with van der Waals surface area (Å²) in [4.78, 5) is 13.9. The number of benzene rings is 1. The van der Waals surface area contributed by atoms with Crippen LogP contribution in [-0.2, 0) is 0 Å². The average Bonchev–Trinajstić information content (AvgIpc) is 3.19. The van der Waals surface area contributed by atoms with Crippen molar-refractivity contribution in [2.24, 2.45) is 0 Å². The number of anilines is 1. The molecule has 2 atom stereocenters. The highest BCUT2D eigenvalue weighted by Crippen LogP contribution is 2.30. The fourth-order valence-electron chi connectivity index (χ4n) is 3.67. The first-order valence-electron chi connectivity index (χ1n) is 8.18. The van der Waals surface area contributed by atoms with E-state index in [9.17, 15) is 0 Å². The molecule has 0 amide bonds. The number of rotatable bonds is 2. The van der Waals surface area contributed by atoms with Gasteiger partial charge in [0.1, 0.15) is 0 Å². The molecule has 0 saturated carbocycles. The Morgan fingerprint density at radius 1 is 1.04 bits per heavy atom. The Morgan fingerprint density at radius 3 is 2.87 bits per heavy atom. The second-order valence-electron chi connectivity index (χ2n) is 6.34. The molecule has 0 aliphatic carbocycles. The normalized spacial score (nSPS) is 23.6. The topological polar surface area (TPSA) is 45.4 Å². The van der Waals surface area contributed by atoms with E-state index < -0.39 is 0 Å². The van der Waals surface area contributed by atoms with Gasteiger partial charge in [0, 0.05) is 44.0 Å². The summed E-state index contributed by atoms with van der Waals surface area (Å²) in [5, 5.41) is 0. The van der Waals surface area contributed by atoms with Crippen molar-refractivity contribution in [1.29, 1.82) is 0 Å². The van der Waals surface area contributed by atoms with Crippen LogP contribution in [0.3, 0.4) is 0 Å². The molecule has 1 unspecified atom stereocenters. The second kappa shape index (κ2) is 5.06. The minimum Gasteiger partial charge on any atom is -0.422 e. The van der Waals surface area contributed by atoms with E-state index in [1.807, 2.05) is 30.5 Å². The molecule has 2 saturated heterocycles. The van der Waals surface area contributed by atoms with Gasteiger partial charge in [-0.3, -0.25) is 4.90 Å². The molecule has 3 aromatic rings. The van der Waals surface area contributed by atoms with Crippen molar-refractivity contribution in [3.05, 3.63) is 42.6 Å². The highest BCUT2D eigenvalue weighted by atomic mass is 16.4. The lowest BCUT2D eigenvalue weighted by Crippen LogP contribution is -2.46. The fraction of sp³-hybridized carbons (Fsp3) is 0.333. The Balaban J connectivity index is 1.52. The van der Waals surface area contributed by atoms with Gasteiger partial charge < -0.3 is 9.32 Å². The van der Waals surface area contributed by atoms with Crippen molar-refractivity contribution < 1.29 is 4.42 Å². The van der Waals surface area contributed by atoms with Crippen molar-refractivity contribution >= 4 is 17.2 Å². The summed E-state index contributed by atoms with van der Waals surface area (Å²) in [5.74, 6) is 0. The summed E-state index contributed by atoms with van der Waals surface area (Å²) >= 11 is 0. The van der Waals surface area contributed by atoms with Crippen LogP contribution in [0, 0.1) is 0 Å². The molecule has 0 spiro atoms. The van der Waals surface area contributed by atoms with Crippen LogP contribution in [0.4, 0.5) is 6.01 Å². The van der Waals surface area contributed by atoms with Gasteiger partial charge in [-0.05, 0) is 18.1 Å². The third-order valence-corrected chi connectivity index (χ3v) is 4.93. The average molecular weight is 306 g/mol. The van der Waals surface area contributed by atoms with Gasteiger partial charge in [-0.2, -0.15) is 4.98 Å². The van der Waals surface area contributed by atoms with Crippen LogP contribution in [0.25, 0.3) is 22.4 Å². The maximum Gasteiger partial charge on any atom is 0.300 e. The Kier molecular flexibility index (Phi) is 2.88. The van der Waals surface area contributed by atoms with Gasteiger partial charge in [0.15, 0.2) is 5.58 Å². The molecule has 5 nitrogen and oxygen atoms in total. The van der Waals surface area contributed by atoms with E-state index in [0.29, 0.717) is 11.7 Å². The first-order chi connectivity index (χ1) is 11.4. The van der Waals surface area contributed by atoms with Gasteiger partial charge in [0.05, 0.1) is 0 Å². The summed E-state index contributed by atoms with van der Waals surface area (Å²) in [6.45, 7) is 4.40. The molecule has 2 aliphatic heterocycles. The van der Waals surface area contributed by atoms with Gasteiger partial charge in [0.2, 0.25) is 5.65 Å². The maximum absolute atomic E-state index is 6.05. The molecule has 5 heteroatoms. The number of hydrogen-bond acceptors (Lipinski definition) is 5. The quantitative estimate of drug-likeness (QED) is 0.728. The molecular formula is C18H18N4O. The van der Waals surface area contributed by atoms with Crippen LogP contribution in [0.15, 0.2) is 47.0 Å². The van der Waals surface area contributed by atoms with E-state index in [4.69, 9.17) is 4.42 Å². The molecule has 2 aromatic heterocycles. The van der Waals surface area contributed by atoms with Crippen molar-refractivity contribution in [2.45, 2.75) is 12.5 Å². The number of aromatic nitrogens is 2. The van der Waals surface area contributed by atoms with Gasteiger partial charge in [-0.1, -0.05) is 30.3 Å². The molecule has 2 fully saturated rings. The largest absolute Gasteiger partial charge is 0.422 e. The maximum atomic E-state index is 6.05. The number of fused-ring (bicyclic) bond motifs is 3. The summed E-state index contributed by atoms with van der Waals surface area (Å²) in [5.41, 5.74) is 3.66. The molecule has 4 heterocycles. The Morgan fingerprint density at radius 2 is 1.96 bits per heavy atom. The molecule has 5 rings (SSSR count). The summed E-state index contributed by atoms with van der Waals surface area (Å²) in [6, 6.07) is 13.5. The third-order valence-electron chi connectivity index (χ3n) is 4.93. The first-order valence-corrected chi connectivity index (χ1v) is 8.18. The number of nitrogens with zero attached hydrogens (tertiary/aromatic N) is 4. The zero-order valence-corrected chi connectivity index (χ0v) is 12.9. The van der Waals surface area contributed by atoms with Gasteiger partial charge in [0.25, 0.3) is 6.01 Å². The number of piperazine rings is 1. The lowest BCUT2D eigenvalue weighted by molar-refractivity contribution is 0.304. The summed E-state index contributed by atoms with van der Waals surface area (Å²) in [6.07, 6.45) is 3.07. The second-order valence-corrected chi connectivity index (χ2v) is 6.34. The van der Waals surface area contributed by atoms with Crippen molar-refractivity contribution in [1.82, 2.24) is 14.9 Å². The van der Waals surface area contributed by atoms with Gasteiger partial charge >= 0.3 is 0 Å². The Bertz CT molecular complexity index is 845. The van der Waals surface area contributed by atoms with Gasteiger partial charge in [-0.15, -0.1) is 0 Å². The predicted octanol–water partition coefficient (Wildman–Crippen LogP) is 2.78. The van der Waals surface area contributed by atoms with Crippen LogP contribution in [-0.4, -0.2) is 47.1 Å². The van der Waals surface area contributed by atoms with E-state index in [-0.39, 0.29) is 0 Å². The van der Waals surface area contributed by atoms with Crippen LogP contribution in [0.1, 0.15) is 6.42 Å². The van der Waals surface area contributed by atoms with E-state index in [0.717, 1.165) is 42.4 Å². The SMILES string of the molecule is c1ccc(-c2cnc3nc(N4CC[N@@]5CCC4C5)oc3c2)cc1. The lowest BCUT2D eigenvalue weighted by atomic mass is 10.1. The highest BCUT2D eigenvalue weighted by Gasteiger charge is 2.34. The lowest BCUT2D eigenvalue weighted by Gasteiger charge is -2.32. The monoisotopic (exact) mass is 306 g/mol. The minimum absolute atomic E-state index is 0.533. The van der Waals surface area contributed by atoms with Crippen molar-refractivity contribution in [2.75, 3.05) is 31.1 Å². The number of pyridine rings is 1. The minimum atomic E-state index is 0.533. The Hall–Kier alpha value is -2.40. The number of hydrogen-bond donors (Lipinski definition) is 0. The van der Waals surface area contributed by atoms with Crippen molar-refractivity contribution in [3.63, 3.8) is 0 Å². The first kappa shape index (κ1) is 13.1. The van der Waals surface area contributed by atoms with Crippen molar-refractivity contribution in [3.8, 4) is 11.1 Å². The Labute approximate surface area is 134 Å². The molecule has 2 aliphatic rings. The van der Waals surface area contributed by atoms with E-state index in [1.165, 1.54) is 13.0 Å². The molecule has 2 bridgehead atoms. The molecule has 0 radical (unpaired) electrons. The molecule has 0 N–H and O–H groups in total. The summed E-state index contributed by atoms with van der Waals surface area (Å²) in [7, 11) is 0. The standard InChI is InChI=1S/C18H18N4O/c1-2-4-13(5-3-1)14-10-16-17(19-11-14)20-18(23-16)22-9-8-21-7-6-15(22)12-21/h1-5,10-11,15H,6-9,12H2. The van der Waals surface area contributed by atoms with E-state index in [2.05, 4.69) is 31.9 Å². The molecule has 23 heavy (non-hydrogen) atoms. The fourth-order valence-corrected chi connectivity index (χ4v) is 3.67. The summed E-state index contributed by atoms with van der Waals surface area (Å²) < 4.78 is 6.05. The van der Waals surface area contributed by atoms with Gasteiger partial charge in [-0.25, -0.2) is 4.98 Å². The van der Waals surface area contributed by atoms with Crippen LogP contribution in [0.5, 0.6) is 0 Å².